The van der Waals surface area contributed by atoms with Crippen molar-refractivity contribution in [3.8, 4) is 0 Å². The van der Waals surface area contributed by atoms with Crippen molar-refractivity contribution in [1.82, 2.24) is 10.2 Å². The molecule has 6 aliphatic carbocycles. The van der Waals surface area contributed by atoms with Crippen LogP contribution in [0, 0.1) is 39.9 Å². The minimum atomic E-state index is -0.463. The molecule has 1 amide bonds. The van der Waals surface area contributed by atoms with Crippen molar-refractivity contribution in [2.24, 2.45) is 51.4 Å². The summed E-state index contributed by atoms with van der Waals surface area (Å²) in [4.78, 5) is 15.3. The van der Waals surface area contributed by atoms with Crippen LogP contribution in [0.15, 0.2) is 42.0 Å². The van der Waals surface area contributed by atoms with Gasteiger partial charge in [-0.1, -0.05) is 55.8 Å². The fourth-order valence-corrected chi connectivity index (χ4v) is 13.6. The van der Waals surface area contributed by atoms with Crippen molar-refractivity contribution in [2.75, 3.05) is 19.6 Å². The first-order valence-corrected chi connectivity index (χ1v) is 18.2. The van der Waals surface area contributed by atoms with E-state index in [4.69, 9.17) is 16.2 Å². The molecule has 2 heterocycles. The third-order valence-electron chi connectivity index (χ3n) is 15.8. The smallest absolute Gasteiger partial charge is 0.220 e. The molecule has 1 aromatic carbocycles. The Balaban J connectivity index is 0.927. The van der Waals surface area contributed by atoms with E-state index in [9.17, 15) is 9.90 Å². The summed E-state index contributed by atoms with van der Waals surface area (Å²) in [5, 5.41) is 13.7. The zero-order valence-corrected chi connectivity index (χ0v) is 27.4. The van der Waals surface area contributed by atoms with Crippen molar-refractivity contribution in [3.05, 3.63) is 47.5 Å². The van der Waals surface area contributed by atoms with E-state index in [1.165, 1.54) is 30.4 Å². The highest BCUT2D eigenvalue weighted by molar-refractivity contribution is 5.76. The number of nitrogens with zero attached hydrogens (tertiary/aromatic N) is 1. The molecule has 244 valence electrons. The second kappa shape index (κ2) is 9.43. The summed E-state index contributed by atoms with van der Waals surface area (Å²) in [7, 11) is 0. The van der Waals surface area contributed by atoms with Crippen LogP contribution in [0.5, 0.6) is 0 Å². The molecule has 0 aromatic heterocycles. The number of amides is 1. The van der Waals surface area contributed by atoms with E-state index in [1.54, 1.807) is 0 Å². The Morgan fingerprint density at radius 1 is 1.13 bits per heavy atom. The Kier molecular flexibility index (Phi) is 6.16. The maximum atomic E-state index is 12.7. The van der Waals surface area contributed by atoms with E-state index >= 15 is 0 Å². The Labute approximate surface area is 268 Å². The Morgan fingerprint density at radius 3 is 2.78 bits per heavy atom. The number of ether oxygens (including phenoxy) is 1. The van der Waals surface area contributed by atoms with Gasteiger partial charge in [-0.05, 0) is 99.4 Å². The number of nitrogens with two attached hydrogens (primary N) is 2. The Hall–Kier alpha value is -1.77. The first-order chi connectivity index (χ1) is 21.5. The summed E-state index contributed by atoms with van der Waals surface area (Å²) in [5.74, 6) is 2.19. The molecule has 2 saturated heterocycles. The number of carbonyl (C=O) groups is 1. The summed E-state index contributed by atoms with van der Waals surface area (Å²) < 4.78 is 7.41. The number of benzene rings is 1. The third kappa shape index (κ3) is 3.53. The van der Waals surface area contributed by atoms with E-state index in [0.29, 0.717) is 36.6 Å². The van der Waals surface area contributed by atoms with Gasteiger partial charge in [0.25, 0.3) is 0 Å². The maximum absolute atomic E-state index is 12.7. The number of carbonyl (C=O) groups excluding carboxylic acids is 1. The van der Waals surface area contributed by atoms with Gasteiger partial charge >= 0.3 is 0 Å². The molecule has 0 radical (unpaired) electrons. The normalized spacial score (nSPS) is 52.1. The van der Waals surface area contributed by atoms with Gasteiger partial charge in [-0.25, -0.2) is 0 Å². The number of aliphatic hydroxyl groups excluding tert-OH is 1. The largest absolute Gasteiger partial charge is 0.393 e. The van der Waals surface area contributed by atoms with Crippen LogP contribution in [0.25, 0.3) is 0 Å². The number of rotatable bonds is 6. The summed E-state index contributed by atoms with van der Waals surface area (Å²) in [5.41, 5.74) is 17.7. The van der Waals surface area contributed by atoms with Crippen LogP contribution in [0.3, 0.4) is 0 Å². The number of allylic oxidation sites excluding steroid dienone is 1. The van der Waals surface area contributed by atoms with Crippen molar-refractivity contribution in [3.63, 3.8) is 0 Å². The lowest BCUT2D eigenvalue weighted by atomic mass is 9.46. The van der Waals surface area contributed by atoms with Crippen molar-refractivity contribution >= 4 is 5.91 Å². The summed E-state index contributed by atoms with van der Waals surface area (Å²) in [6, 6.07) is 10.2. The number of hydrogen-bond donors (Lipinski definition) is 4. The van der Waals surface area contributed by atoms with Gasteiger partial charge in [0, 0.05) is 48.3 Å². The molecule has 5 saturated carbocycles. The molecule has 2 aliphatic heterocycles. The topological polar surface area (TPSA) is 114 Å². The highest BCUT2D eigenvalue weighted by Crippen LogP contribution is 2.94. The van der Waals surface area contributed by atoms with Gasteiger partial charge in [0.05, 0.1) is 17.8 Å². The molecule has 2 unspecified atom stereocenters. The number of hydrogen-bond acceptors (Lipinski definition) is 6. The van der Waals surface area contributed by atoms with Crippen LogP contribution in [0.1, 0.15) is 90.0 Å². The predicted octanol–water partition coefficient (Wildman–Crippen LogP) is 4.27. The number of nitrogens with one attached hydrogen (secondary N) is 1. The second-order valence-corrected chi connectivity index (χ2v) is 17.3. The molecular formula is C38H54N4O3. The van der Waals surface area contributed by atoms with Crippen molar-refractivity contribution in [2.45, 2.75) is 120 Å². The second-order valence-electron chi connectivity index (χ2n) is 17.3. The number of aliphatic hydroxyl groups is 1. The molecule has 7 fully saturated rings. The van der Waals surface area contributed by atoms with Crippen LogP contribution in [-0.2, 0) is 16.0 Å². The lowest BCUT2D eigenvalue weighted by molar-refractivity contribution is -0.212. The van der Waals surface area contributed by atoms with E-state index < -0.39 is 5.66 Å². The fourth-order valence-electron chi connectivity index (χ4n) is 13.6. The Morgan fingerprint density at radius 2 is 1.96 bits per heavy atom. The first-order valence-electron chi connectivity index (χ1n) is 18.2. The molecule has 8 aliphatic rings. The van der Waals surface area contributed by atoms with Gasteiger partial charge in [0.1, 0.15) is 5.66 Å². The summed E-state index contributed by atoms with van der Waals surface area (Å²) in [6.07, 6.45) is 14.3. The molecule has 9 rings (SSSR count). The average molecular weight is 615 g/mol. The van der Waals surface area contributed by atoms with Crippen LogP contribution in [-0.4, -0.2) is 64.6 Å². The monoisotopic (exact) mass is 614 g/mol. The number of aryl methyl sites for hydroxylation is 1. The molecule has 1 aromatic rings. The lowest BCUT2D eigenvalue weighted by Gasteiger charge is -2.62. The Bertz CT molecular complexity index is 1430. The molecule has 7 heteroatoms. The van der Waals surface area contributed by atoms with Crippen molar-refractivity contribution < 1.29 is 14.6 Å². The van der Waals surface area contributed by atoms with Gasteiger partial charge in [-0.3, -0.25) is 9.69 Å². The fraction of sp³-hybridized carbons (Fsp3) is 0.763. The van der Waals surface area contributed by atoms with Crippen LogP contribution >= 0.6 is 0 Å². The first kappa shape index (κ1) is 29.4. The van der Waals surface area contributed by atoms with Gasteiger partial charge in [-0.15, -0.1) is 0 Å². The minimum Gasteiger partial charge on any atom is -0.393 e. The lowest BCUT2D eigenvalue weighted by Crippen LogP contribution is -2.74. The molecule has 0 bridgehead atoms. The zero-order valence-electron chi connectivity index (χ0n) is 27.4. The summed E-state index contributed by atoms with van der Waals surface area (Å²) in [6.45, 7) is 7.15. The van der Waals surface area contributed by atoms with Crippen LogP contribution in [0.2, 0.25) is 0 Å². The van der Waals surface area contributed by atoms with Gasteiger partial charge in [-0.2, -0.15) is 0 Å². The molecule has 45 heavy (non-hydrogen) atoms. The average Bonchev–Trinajstić information content (AvgIpc) is 3.56. The van der Waals surface area contributed by atoms with Gasteiger partial charge < -0.3 is 26.6 Å². The van der Waals surface area contributed by atoms with Gasteiger partial charge in [0.15, 0.2) is 0 Å². The van der Waals surface area contributed by atoms with Crippen LogP contribution in [0.4, 0.5) is 0 Å². The quantitative estimate of drug-likeness (QED) is 0.356. The van der Waals surface area contributed by atoms with E-state index in [1.807, 2.05) is 18.2 Å². The number of fused-ring (bicyclic) bond motifs is 6. The molecule has 7 nitrogen and oxygen atoms in total. The van der Waals surface area contributed by atoms with E-state index in [-0.39, 0.29) is 45.5 Å². The minimum absolute atomic E-state index is 0.00129. The molecule has 6 N–H and O–H groups in total. The molecule has 12 atom stereocenters. The maximum Gasteiger partial charge on any atom is 0.220 e. The van der Waals surface area contributed by atoms with E-state index in [2.05, 4.69) is 42.3 Å². The SMILES string of the molecule is C[C@H]1C[C@H]2O[C@@]34CC[C@H]5[C@@H]6CC=C7C[C@@H](O)CC[C@]7(C)[C@@]6(N)CC56CC63C[C@@H]4[C@]2(N)N(CCNC(=O)CCc2ccccc2)C1. The van der Waals surface area contributed by atoms with E-state index in [0.717, 1.165) is 64.5 Å². The van der Waals surface area contributed by atoms with Gasteiger partial charge in [0.2, 0.25) is 5.91 Å². The third-order valence-corrected chi connectivity index (χ3v) is 15.8. The molecule has 3 spiro atoms. The highest BCUT2D eigenvalue weighted by Gasteiger charge is 2.94. The standard InChI is InChI=1S/C38H54N4O3/c1-24-18-31-38(40,42(21-24)17-16-41-32(44)11-8-25-6-4-3-5-7-25)30-20-35-22-34(35)23-36(39)29(28(34)13-15-37(30,35)45-31)10-9-26-19-27(43)12-14-33(26,36)2/h3-7,9,24,27-31,43H,8,10-23,39-40H2,1-2H3,(H,41,44)/t24-,27-,28-,29-,30-,31+,33-,34?,35?,36+,37+,38-/m0/s1. The summed E-state index contributed by atoms with van der Waals surface area (Å²) >= 11 is 0. The highest BCUT2D eigenvalue weighted by atomic mass is 16.5. The van der Waals surface area contributed by atoms with Crippen molar-refractivity contribution in [1.29, 1.82) is 0 Å². The molecular weight excluding hydrogens is 560 g/mol. The zero-order chi connectivity index (χ0) is 31.0. The number of likely N-dealkylation sites (tertiary alicyclic amines) is 1. The van der Waals surface area contributed by atoms with Crippen LogP contribution < -0.4 is 16.8 Å². The predicted molar refractivity (Wildman–Crippen MR) is 174 cm³/mol. The number of piperidine rings is 1.